The van der Waals surface area contributed by atoms with Gasteiger partial charge in [-0.05, 0) is 52.6 Å². The molecule has 7 heteroatoms. The van der Waals surface area contributed by atoms with E-state index >= 15 is 0 Å². The third kappa shape index (κ3) is 3.88. The predicted octanol–water partition coefficient (Wildman–Crippen LogP) is 2.29. The molecule has 7 nitrogen and oxygen atoms in total. The molecular weight excluding hydrogens is 330 g/mol. The van der Waals surface area contributed by atoms with Crippen LogP contribution in [0.25, 0.3) is 11.0 Å². The highest BCUT2D eigenvalue weighted by atomic mass is 16.5. The van der Waals surface area contributed by atoms with E-state index in [1.807, 2.05) is 22.6 Å². The van der Waals surface area contributed by atoms with Crippen LogP contribution >= 0.6 is 0 Å². The van der Waals surface area contributed by atoms with E-state index in [0.717, 1.165) is 36.0 Å². The van der Waals surface area contributed by atoms with Gasteiger partial charge < -0.3 is 15.4 Å². The van der Waals surface area contributed by atoms with E-state index in [-0.39, 0.29) is 18.1 Å². The summed E-state index contributed by atoms with van der Waals surface area (Å²) in [5.41, 5.74) is 7.82. The molecular formula is C19H29N5O2. The average Bonchev–Trinajstić information content (AvgIpc) is 3.05. The molecule has 0 atom stereocenters. The van der Waals surface area contributed by atoms with Crippen LogP contribution in [-0.4, -0.2) is 57.9 Å². The third-order valence-corrected chi connectivity index (χ3v) is 4.85. The minimum absolute atomic E-state index is 0.0595. The first kappa shape index (κ1) is 18.8. The maximum Gasteiger partial charge on any atom is 0.254 e. The first-order valence-electron chi connectivity index (χ1n) is 9.47. The number of piperidine rings is 1. The van der Waals surface area contributed by atoms with E-state index in [1.54, 1.807) is 6.20 Å². The summed E-state index contributed by atoms with van der Waals surface area (Å²) in [6.45, 7) is 8.83. The Morgan fingerprint density at radius 3 is 2.77 bits per heavy atom. The Labute approximate surface area is 154 Å². The van der Waals surface area contributed by atoms with Crippen LogP contribution in [0.5, 0.6) is 0 Å². The summed E-state index contributed by atoms with van der Waals surface area (Å²) in [5.74, 6) is 0.0595. The van der Waals surface area contributed by atoms with Crippen LogP contribution in [0.15, 0.2) is 12.3 Å². The highest BCUT2D eigenvalue weighted by molar-refractivity contribution is 6.05. The summed E-state index contributed by atoms with van der Waals surface area (Å²) in [6.07, 6.45) is 4.61. The van der Waals surface area contributed by atoms with Crippen LogP contribution in [0.1, 0.15) is 55.2 Å². The maximum atomic E-state index is 13.1. The summed E-state index contributed by atoms with van der Waals surface area (Å²) < 4.78 is 7.71. The molecule has 3 heterocycles. The summed E-state index contributed by atoms with van der Waals surface area (Å²) in [7, 11) is 0. The molecule has 0 spiro atoms. The number of nitrogens with two attached hydrogens (primary N) is 1. The van der Waals surface area contributed by atoms with Gasteiger partial charge in [-0.2, -0.15) is 5.10 Å². The molecule has 0 aromatic carbocycles. The Hall–Kier alpha value is -1.99. The minimum Gasteiger partial charge on any atom is -0.378 e. The third-order valence-electron chi connectivity index (χ3n) is 4.85. The molecule has 142 valence electrons. The van der Waals surface area contributed by atoms with E-state index in [4.69, 9.17) is 10.5 Å². The van der Waals surface area contributed by atoms with Crippen LogP contribution in [0, 0.1) is 6.92 Å². The fraction of sp³-hybridized carbons (Fsp3) is 0.632. The van der Waals surface area contributed by atoms with Crippen LogP contribution < -0.4 is 5.73 Å². The first-order valence-corrected chi connectivity index (χ1v) is 9.47. The number of carbonyl (C=O) groups is 1. The summed E-state index contributed by atoms with van der Waals surface area (Å²) >= 11 is 0. The molecule has 2 aromatic heterocycles. The van der Waals surface area contributed by atoms with E-state index in [2.05, 4.69) is 23.9 Å². The lowest BCUT2D eigenvalue weighted by Crippen LogP contribution is -2.41. The lowest BCUT2D eigenvalue weighted by molar-refractivity contribution is 0.00849. The number of hydrogen-bond donors (Lipinski definition) is 1. The van der Waals surface area contributed by atoms with Gasteiger partial charge in [0.15, 0.2) is 5.65 Å². The van der Waals surface area contributed by atoms with E-state index in [1.165, 1.54) is 0 Å². The molecule has 1 aliphatic heterocycles. The van der Waals surface area contributed by atoms with Crippen molar-refractivity contribution in [3.63, 3.8) is 0 Å². The van der Waals surface area contributed by atoms with Crippen molar-refractivity contribution < 1.29 is 9.53 Å². The molecule has 1 saturated heterocycles. The van der Waals surface area contributed by atoms with Gasteiger partial charge >= 0.3 is 0 Å². The van der Waals surface area contributed by atoms with Crippen molar-refractivity contribution in [2.24, 2.45) is 5.73 Å². The Kier molecular flexibility index (Phi) is 5.88. The Bertz CT molecular complexity index is 763. The van der Waals surface area contributed by atoms with Gasteiger partial charge in [-0.25, -0.2) is 9.67 Å². The maximum absolute atomic E-state index is 13.1. The number of hydrogen-bond acceptors (Lipinski definition) is 5. The number of nitrogens with zero attached hydrogens (tertiary/aromatic N) is 4. The smallest absolute Gasteiger partial charge is 0.254 e. The van der Waals surface area contributed by atoms with Gasteiger partial charge in [0.05, 0.1) is 23.3 Å². The zero-order valence-corrected chi connectivity index (χ0v) is 15.9. The summed E-state index contributed by atoms with van der Waals surface area (Å²) in [4.78, 5) is 19.6. The van der Waals surface area contributed by atoms with Crippen LogP contribution in [0.4, 0.5) is 0 Å². The van der Waals surface area contributed by atoms with E-state index in [9.17, 15) is 4.79 Å². The normalized spacial score (nSPS) is 16.0. The standard InChI is InChI=1S/C19H29N5O2/c1-13(2)24-18-17(12-21-24)16(11-14(3)22-18)19(25)23-8-5-15(6-9-23)26-10-4-7-20/h11-13,15H,4-10,20H2,1-3H3. The topological polar surface area (TPSA) is 86.3 Å². The number of aromatic nitrogens is 3. The van der Waals surface area contributed by atoms with Crippen molar-refractivity contribution in [1.82, 2.24) is 19.7 Å². The first-order chi connectivity index (χ1) is 12.5. The minimum atomic E-state index is 0.0595. The summed E-state index contributed by atoms with van der Waals surface area (Å²) in [5, 5.41) is 5.26. The summed E-state index contributed by atoms with van der Waals surface area (Å²) in [6, 6.07) is 2.08. The number of rotatable bonds is 6. The van der Waals surface area contributed by atoms with Crippen molar-refractivity contribution in [2.45, 2.75) is 52.2 Å². The van der Waals surface area contributed by atoms with Gasteiger partial charge in [0.2, 0.25) is 0 Å². The van der Waals surface area contributed by atoms with Gasteiger partial charge in [-0.1, -0.05) is 0 Å². The van der Waals surface area contributed by atoms with Gasteiger partial charge in [0, 0.05) is 31.4 Å². The number of aryl methyl sites for hydroxylation is 1. The molecule has 2 N–H and O–H groups in total. The van der Waals surface area contributed by atoms with Gasteiger partial charge in [0.25, 0.3) is 5.91 Å². The average molecular weight is 359 g/mol. The zero-order chi connectivity index (χ0) is 18.7. The van der Waals surface area contributed by atoms with Crippen molar-refractivity contribution in [1.29, 1.82) is 0 Å². The lowest BCUT2D eigenvalue weighted by Gasteiger charge is -2.32. The van der Waals surface area contributed by atoms with Crippen LogP contribution in [0.3, 0.4) is 0 Å². The van der Waals surface area contributed by atoms with Gasteiger partial charge in [-0.3, -0.25) is 4.79 Å². The van der Waals surface area contributed by atoms with Gasteiger partial charge in [0.1, 0.15) is 0 Å². The van der Waals surface area contributed by atoms with Gasteiger partial charge in [-0.15, -0.1) is 0 Å². The lowest BCUT2D eigenvalue weighted by atomic mass is 10.0. The molecule has 1 amide bonds. The number of likely N-dealkylation sites (tertiary alicyclic amines) is 1. The Morgan fingerprint density at radius 1 is 1.38 bits per heavy atom. The number of carbonyl (C=O) groups excluding carboxylic acids is 1. The molecule has 26 heavy (non-hydrogen) atoms. The highest BCUT2D eigenvalue weighted by Gasteiger charge is 2.26. The van der Waals surface area contributed by atoms with Crippen molar-refractivity contribution >= 4 is 16.9 Å². The second kappa shape index (κ2) is 8.14. The molecule has 0 radical (unpaired) electrons. The van der Waals surface area contributed by atoms with Crippen molar-refractivity contribution in [3.8, 4) is 0 Å². The second-order valence-corrected chi connectivity index (χ2v) is 7.24. The molecule has 0 unspecified atom stereocenters. The monoisotopic (exact) mass is 359 g/mol. The number of amides is 1. The fourth-order valence-electron chi connectivity index (χ4n) is 3.43. The van der Waals surface area contributed by atoms with Crippen LogP contribution in [0.2, 0.25) is 0 Å². The molecule has 3 rings (SSSR count). The van der Waals surface area contributed by atoms with Crippen molar-refractivity contribution in [2.75, 3.05) is 26.2 Å². The Morgan fingerprint density at radius 2 is 2.12 bits per heavy atom. The predicted molar refractivity (Wildman–Crippen MR) is 101 cm³/mol. The fourth-order valence-corrected chi connectivity index (χ4v) is 3.43. The highest BCUT2D eigenvalue weighted by Crippen LogP contribution is 2.24. The number of pyridine rings is 1. The van der Waals surface area contributed by atoms with Crippen LogP contribution in [-0.2, 0) is 4.74 Å². The molecule has 1 fully saturated rings. The SMILES string of the molecule is Cc1cc(C(=O)N2CCC(OCCCN)CC2)c2cnn(C(C)C)c2n1. The van der Waals surface area contributed by atoms with Crippen molar-refractivity contribution in [3.05, 3.63) is 23.5 Å². The largest absolute Gasteiger partial charge is 0.378 e. The molecule has 2 aromatic rings. The molecule has 0 aliphatic carbocycles. The Balaban J connectivity index is 1.75. The molecule has 0 saturated carbocycles. The van der Waals surface area contributed by atoms with E-state index < -0.39 is 0 Å². The quantitative estimate of drug-likeness (QED) is 0.800. The zero-order valence-electron chi connectivity index (χ0n) is 15.9. The molecule has 1 aliphatic rings. The molecule has 0 bridgehead atoms. The second-order valence-electron chi connectivity index (χ2n) is 7.24. The van der Waals surface area contributed by atoms with E-state index in [0.29, 0.717) is 31.8 Å². The number of ether oxygens (including phenoxy) is 1. The number of fused-ring (bicyclic) bond motifs is 1.